The number of anilines is 1. The molecule has 0 aliphatic carbocycles. The number of halogens is 1. The summed E-state index contributed by atoms with van der Waals surface area (Å²) in [5.74, 6) is 0.723. The standard InChI is InChI=1S/C21H19ClN4O4/c1-29-17-8-7-15(22)10-16(17)26-12-14(9-19(26)27)20-24-18(30-25-20)11-23-21(28)13-5-3-2-4-6-13/h2-8,10,14H,9,11-12H2,1H3,(H,23,28). The molecule has 8 nitrogen and oxygen atoms in total. The van der Waals surface area contributed by atoms with Crippen molar-refractivity contribution in [3.63, 3.8) is 0 Å². The summed E-state index contributed by atoms with van der Waals surface area (Å²) >= 11 is 6.09. The fourth-order valence-electron chi connectivity index (χ4n) is 3.34. The average Bonchev–Trinajstić information content (AvgIpc) is 3.39. The Kier molecular flexibility index (Phi) is 5.67. The van der Waals surface area contributed by atoms with Crippen molar-refractivity contribution >= 4 is 29.1 Å². The van der Waals surface area contributed by atoms with Crippen molar-refractivity contribution in [3.8, 4) is 5.75 Å². The van der Waals surface area contributed by atoms with Crippen molar-refractivity contribution in [2.45, 2.75) is 18.9 Å². The van der Waals surface area contributed by atoms with Crippen LogP contribution in [0.25, 0.3) is 0 Å². The van der Waals surface area contributed by atoms with E-state index in [9.17, 15) is 9.59 Å². The predicted octanol–water partition coefficient (Wildman–Crippen LogP) is 3.18. The summed E-state index contributed by atoms with van der Waals surface area (Å²) in [6.07, 6.45) is 0.241. The van der Waals surface area contributed by atoms with E-state index >= 15 is 0 Å². The molecular weight excluding hydrogens is 408 g/mol. The minimum atomic E-state index is -0.233. The first kappa shape index (κ1) is 19.9. The SMILES string of the molecule is COc1ccc(Cl)cc1N1CC(c2noc(CNC(=O)c3ccccc3)n2)CC1=O. The Hall–Kier alpha value is -3.39. The van der Waals surface area contributed by atoms with Crippen LogP contribution in [0.3, 0.4) is 0 Å². The van der Waals surface area contributed by atoms with Crippen LogP contribution in [-0.2, 0) is 11.3 Å². The molecule has 9 heteroatoms. The molecule has 2 aromatic carbocycles. The summed E-state index contributed by atoms with van der Waals surface area (Å²) in [6.45, 7) is 0.484. The van der Waals surface area contributed by atoms with E-state index in [1.165, 1.54) is 0 Å². The molecule has 30 heavy (non-hydrogen) atoms. The van der Waals surface area contributed by atoms with Gasteiger partial charge in [0.25, 0.3) is 5.91 Å². The van der Waals surface area contributed by atoms with Gasteiger partial charge in [-0.25, -0.2) is 0 Å². The lowest BCUT2D eigenvalue weighted by Gasteiger charge is -2.19. The van der Waals surface area contributed by atoms with Crippen molar-refractivity contribution in [2.75, 3.05) is 18.6 Å². The van der Waals surface area contributed by atoms with Gasteiger partial charge in [0.1, 0.15) is 5.75 Å². The molecule has 4 rings (SSSR count). The topological polar surface area (TPSA) is 97.6 Å². The lowest BCUT2D eigenvalue weighted by molar-refractivity contribution is -0.117. The molecule has 0 bridgehead atoms. The van der Waals surface area contributed by atoms with Crippen LogP contribution in [0.15, 0.2) is 53.1 Å². The van der Waals surface area contributed by atoms with E-state index in [1.54, 1.807) is 54.5 Å². The molecule has 0 saturated carbocycles. The van der Waals surface area contributed by atoms with Gasteiger partial charge in [-0.05, 0) is 30.3 Å². The van der Waals surface area contributed by atoms with Crippen LogP contribution in [-0.4, -0.2) is 35.6 Å². The molecule has 1 fully saturated rings. The Morgan fingerprint density at radius 2 is 2.10 bits per heavy atom. The van der Waals surface area contributed by atoms with Gasteiger partial charge in [-0.1, -0.05) is 35.0 Å². The molecule has 1 aliphatic rings. The van der Waals surface area contributed by atoms with Gasteiger partial charge in [-0.15, -0.1) is 0 Å². The number of methoxy groups -OCH3 is 1. The van der Waals surface area contributed by atoms with Crippen LogP contribution in [0.5, 0.6) is 5.75 Å². The number of ether oxygens (including phenoxy) is 1. The Labute approximate surface area is 177 Å². The Bertz CT molecular complexity index is 1070. The average molecular weight is 427 g/mol. The van der Waals surface area contributed by atoms with Gasteiger partial charge in [-0.2, -0.15) is 4.98 Å². The van der Waals surface area contributed by atoms with Crippen molar-refractivity contribution in [1.29, 1.82) is 0 Å². The first-order valence-corrected chi connectivity index (χ1v) is 9.72. The molecular formula is C21H19ClN4O4. The molecule has 0 spiro atoms. The fourth-order valence-corrected chi connectivity index (χ4v) is 3.51. The maximum absolute atomic E-state index is 12.6. The van der Waals surface area contributed by atoms with Gasteiger partial charge >= 0.3 is 0 Å². The quantitative estimate of drug-likeness (QED) is 0.650. The lowest BCUT2D eigenvalue weighted by Crippen LogP contribution is -2.25. The molecule has 1 unspecified atom stereocenters. The van der Waals surface area contributed by atoms with E-state index in [0.717, 1.165) is 0 Å². The summed E-state index contributed by atoms with van der Waals surface area (Å²) in [5.41, 5.74) is 1.15. The zero-order chi connectivity index (χ0) is 21.1. The summed E-state index contributed by atoms with van der Waals surface area (Å²) in [4.78, 5) is 30.7. The third-order valence-corrected chi connectivity index (χ3v) is 5.08. The number of nitrogens with one attached hydrogen (secondary N) is 1. The summed E-state index contributed by atoms with van der Waals surface area (Å²) < 4.78 is 10.6. The van der Waals surface area contributed by atoms with Crippen molar-refractivity contribution in [3.05, 3.63) is 70.8 Å². The smallest absolute Gasteiger partial charge is 0.251 e. The monoisotopic (exact) mass is 426 g/mol. The number of hydrogen-bond acceptors (Lipinski definition) is 6. The number of benzene rings is 2. The first-order chi connectivity index (χ1) is 14.5. The first-order valence-electron chi connectivity index (χ1n) is 9.35. The minimum absolute atomic E-state index is 0.0794. The van der Waals surface area contributed by atoms with Crippen LogP contribution < -0.4 is 15.0 Å². The third-order valence-electron chi connectivity index (χ3n) is 4.84. The van der Waals surface area contributed by atoms with Crippen LogP contribution in [0.4, 0.5) is 5.69 Å². The van der Waals surface area contributed by atoms with Crippen LogP contribution in [0, 0.1) is 0 Å². The third kappa shape index (κ3) is 4.13. The van der Waals surface area contributed by atoms with Gasteiger partial charge < -0.3 is 19.5 Å². The molecule has 1 saturated heterocycles. The Morgan fingerprint density at radius 1 is 1.30 bits per heavy atom. The zero-order valence-electron chi connectivity index (χ0n) is 16.2. The normalized spacial score (nSPS) is 16.0. The molecule has 0 radical (unpaired) electrons. The second-order valence-corrected chi connectivity index (χ2v) is 7.25. The van der Waals surface area contributed by atoms with Gasteiger partial charge in [-0.3, -0.25) is 9.59 Å². The van der Waals surface area contributed by atoms with Gasteiger partial charge in [0.15, 0.2) is 5.82 Å². The molecule has 1 atom stereocenters. The van der Waals surface area contributed by atoms with E-state index in [2.05, 4.69) is 15.5 Å². The summed E-state index contributed by atoms with van der Waals surface area (Å²) in [5, 5.41) is 7.25. The largest absolute Gasteiger partial charge is 0.495 e. The minimum Gasteiger partial charge on any atom is -0.495 e. The molecule has 1 aliphatic heterocycles. The maximum Gasteiger partial charge on any atom is 0.251 e. The van der Waals surface area contributed by atoms with Crippen LogP contribution >= 0.6 is 11.6 Å². The molecule has 1 aromatic heterocycles. The van der Waals surface area contributed by atoms with Gasteiger partial charge in [0.2, 0.25) is 11.8 Å². The van der Waals surface area contributed by atoms with E-state index in [4.69, 9.17) is 20.9 Å². The number of amides is 2. The second-order valence-electron chi connectivity index (χ2n) is 6.82. The number of carbonyl (C=O) groups is 2. The predicted molar refractivity (Wildman–Crippen MR) is 110 cm³/mol. The number of rotatable bonds is 6. The van der Waals surface area contributed by atoms with Crippen molar-refractivity contribution < 1.29 is 18.8 Å². The molecule has 2 amide bonds. The van der Waals surface area contributed by atoms with E-state index < -0.39 is 0 Å². The number of nitrogens with zero attached hydrogens (tertiary/aromatic N) is 3. The van der Waals surface area contributed by atoms with E-state index in [1.807, 2.05) is 6.07 Å². The van der Waals surface area contributed by atoms with Crippen LogP contribution in [0.1, 0.15) is 34.4 Å². The number of hydrogen-bond donors (Lipinski definition) is 1. The highest BCUT2D eigenvalue weighted by molar-refractivity contribution is 6.31. The highest BCUT2D eigenvalue weighted by Gasteiger charge is 2.35. The molecule has 2 heterocycles. The fraction of sp³-hybridized carbons (Fsp3) is 0.238. The lowest BCUT2D eigenvalue weighted by atomic mass is 10.1. The summed E-state index contributed by atoms with van der Waals surface area (Å²) in [7, 11) is 1.54. The van der Waals surface area contributed by atoms with Gasteiger partial charge in [0, 0.05) is 29.5 Å². The van der Waals surface area contributed by atoms with Crippen molar-refractivity contribution in [1.82, 2.24) is 15.5 Å². The van der Waals surface area contributed by atoms with Crippen LogP contribution in [0.2, 0.25) is 5.02 Å². The zero-order valence-corrected chi connectivity index (χ0v) is 16.9. The Balaban J connectivity index is 1.43. The highest BCUT2D eigenvalue weighted by Crippen LogP contribution is 2.37. The summed E-state index contributed by atoms with van der Waals surface area (Å²) in [6, 6.07) is 14.0. The van der Waals surface area contributed by atoms with Crippen molar-refractivity contribution in [2.24, 2.45) is 0 Å². The number of aromatic nitrogens is 2. The Morgan fingerprint density at radius 3 is 2.87 bits per heavy atom. The maximum atomic E-state index is 12.6. The van der Waals surface area contributed by atoms with E-state index in [0.29, 0.717) is 34.4 Å². The van der Waals surface area contributed by atoms with Gasteiger partial charge in [0.05, 0.1) is 19.3 Å². The second kappa shape index (κ2) is 8.54. The molecule has 1 N–H and O–H groups in total. The molecule has 154 valence electrons. The van der Waals surface area contributed by atoms with E-state index in [-0.39, 0.29) is 36.6 Å². The number of carbonyl (C=O) groups excluding carboxylic acids is 2. The molecule has 3 aromatic rings. The highest BCUT2D eigenvalue weighted by atomic mass is 35.5.